The molecule has 0 saturated heterocycles. The van der Waals surface area contributed by atoms with E-state index in [1.165, 1.54) is 12.1 Å². The monoisotopic (exact) mass is 247 g/mol. The summed E-state index contributed by atoms with van der Waals surface area (Å²) in [5, 5.41) is 13.6. The first kappa shape index (κ1) is 11.3. The fraction of sp³-hybridized carbons (Fsp3) is 0.385. The predicted molar refractivity (Wildman–Crippen MR) is 64.3 cm³/mol. The molecule has 1 aliphatic heterocycles. The van der Waals surface area contributed by atoms with Crippen LogP contribution in [0.2, 0.25) is 0 Å². The molecule has 0 spiro atoms. The first-order valence-corrected chi connectivity index (χ1v) is 6.07. The Hall–Kier alpha value is -1.75. The van der Waals surface area contributed by atoms with E-state index in [4.69, 9.17) is 5.11 Å². The maximum atomic E-state index is 13.2. The maximum Gasteiger partial charge on any atom is 0.181 e. The highest BCUT2D eigenvalue weighted by atomic mass is 19.1. The first-order chi connectivity index (χ1) is 8.76. The summed E-state index contributed by atoms with van der Waals surface area (Å²) in [6.07, 6.45) is 1.74. The lowest BCUT2D eigenvalue weighted by molar-refractivity contribution is 0.185. The van der Waals surface area contributed by atoms with E-state index in [1.807, 2.05) is 4.68 Å². The number of aliphatic hydroxyl groups is 1. The Labute approximate surface area is 104 Å². The average molecular weight is 247 g/mol. The number of halogens is 1. The van der Waals surface area contributed by atoms with Crippen molar-refractivity contribution in [2.45, 2.75) is 19.4 Å². The lowest BCUT2D eigenvalue weighted by Gasteiger charge is -2.19. The van der Waals surface area contributed by atoms with Crippen molar-refractivity contribution in [1.29, 1.82) is 0 Å². The fourth-order valence-electron chi connectivity index (χ4n) is 2.27. The molecule has 0 saturated carbocycles. The maximum absolute atomic E-state index is 13.2. The van der Waals surface area contributed by atoms with E-state index >= 15 is 0 Å². The third-order valence-electron chi connectivity index (χ3n) is 3.30. The lowest BCUT2D eigenvalue weighted by atomic mass is 10.0. The molecule has 2 aromatic rings. The summed E-state index contributed by atoms with van der Waals surface area (Å²) in [6, 6.07) is 6.29. The smallest absolute Gasteiger partial charge is 0.181 e. The second kappa shape index (κ2) is 4.49. The van der Waals surface area contributed by atoms with E-state index in [2.05, 4.69) is 10.1 Å². The molecule has 1 unspecified atom stereocenters. The van der Waals surface area contributed by atoms with Crippen LogP contribution in [-0.4, -0.2) is 26.5 Å². The largest absolute Gasteiger partial charge is 0.396 e. The number of hydrogen-bond donors (Lipinski definition) is 1. The zero-order valence-electron chi connectivity index (χ0n) is 9.88. The van der Waals surface area contributed by atoms with Crippen LogP contribution in [0, 0.1) is 11.7 Å². The molecule has 1 N–H and O–H groups in total. The Bertz CT molecular complexity index is 567. The van der Waals surface area contributed by atoms with Crippen LogP contribution in [0.5, 0.6) is 0 Å². The zero-order valence-corrected chi connectivity index (χ0v) is 9.88. The predicted octanol–water partition coefficient (Wildman–Crippen LogP) is 1.64. The topological polar surface area (TPSA) is 50.9 Å². The van der Waals surface area contributed by atoms with Gasteiger partial charge in [-0.1, -0.05) is 12.1 Å². The Kier molecular flexibility index (Phi) is 2.83. The molecule has 2 heterocycles. The molecule has 1 atom stereocenters. The van der Waals surface area contributed by atoms with Crippen LogP contribution in [0.15, 0.2) is 24.3 Å². The molecule has 0 aliphatic carbocycles. The van der Waals surface area contributed by atoms with Crippen molar-refractivity contribution in [3.8, 4) is 11.4 Å². The molecule has 0 fully saturated rings. The van der Waals surface area contributed by atoms with Crippen LogP contribution in [-0.2, 0) is 13.0 Å². The summed E-state index contributed by atoms with van der Waals surface area (Å²) < 4.78 is 15.0. The quantitative estimate of drug-likeness (QED) is 0.877. The van der Waals surface area contributed by atoms with Crippen molar-refractivity contribution >= 4 is 0 Å². The summed E-state index contributed by atoms with van der Waals surface area (Å²) in [5.74, 6) is 1.44. The van der Waals surface area contributed by atoms with Gasteiger partial charge in [0.05, 0.1) is 0 Å². The highest BCUT2D eigenvalue weighted by Crippen LogP contribution is 2.22. The number of benzene rings is 1. The van der Waals surface area contributed by atoms with Crippen molar-refractivity contribution in [3.05, 3.63) is 35.9 Å². The summed E-state index contributed by atoms with van der Waals surface area (Å²) >= 11 is 0. The number of nitrogens with zero attached hydrogens (tertiary/aromatic N) is 3. The second-order valence-electron chi connectivity index (χ2n) is 4.63. The molecule has 1 aromatic carbocycles. The summed E-state index contributed by atoms with van der Waals surface area (Å²) in [4.78, 5) is 4.43. The Morgan fingerprint density at radius 2 is 2.33 bits per heavy atom. The third-order valence-corrected chi connectivity index (χ3v) is 3.30. The van der Waals surface area contributed by atoms with Crippen LogP contribution in [0.1, 0.15) is 12.2 Å². The van der Waals surface area contributed by atoms with E-state index in [-0.39, 0.29) is 18.3 Å². The molecule has 18 heavy (non-hydrogen) atoms. The van der Waals surface area contributed by atoms with Crippen molar-refractivity contribution < 1.29 is 9.50 Å². The minimum Gasteiger partial charge on any atom is -0.396 e. The molecule has 0 bridgehead atoms. The molecule has 0 amide bonds. The van der Waals surface area contributed by atoms with Crippen molar-refractivity contribution in [1.82, 2.24) is 14.8 Å². The van der Waals surface area contributed by atoms with Crippen molar-refractivity contribution in [2.75, 3.05) is 6.61 Å². The molecule has 94 valence electrons. The molecule has 0 radical (unpaired) electrons. The molecule has 1 aromatic heterocycles. The van der Waals surface area contributed by atoms with E-state index < -0.39 is 0 Å². The fourth-order valence-corrected chi connectivity index (χ4v) is 2.27. The van der Waals surface area contributed by atoms with Gasteiger partial charge in [0, 0.05) is 31.1 Å². The van der Waals surface area contributed by atoms with Gasteiger partial charge in [0.2, 0.25) is 0 Å². The van der Waals surface area contributed by atoms with Gasteiger partial charge in [-0.25, -0.2) is 14.1 Å². The van der Waals surface area contributed by atoms with Gasteiger partial charge in [-0.05, 0) is 18.6 Å². The minimum absolute atomic E-state index is 0.175. The van der Waals surface area contributed by atoms with Gasteiger partial charge in [0.1, 0.15) is 11.6 Å². The van der Waals surface area contributed by atoms with Crippen LogP contribution in [0.25, 0.3) is 11.4 Å². The SMILES string of the molecule is OCC1CCc2nc(-c3cccc(F)c3)nn2C1. The van der Waals surface area contributed by atoms with E-state index in [9.17, 15) is 4.39 Å². The Balaban J connectivity index is 1.94. The summed E-state index contributed by atoms with van der Waals surface area (Å²) in [5.41, 5.74) is 0.692. The van der Waals surface area contributed by atoms with E-state index in [0.29, 0.717) is 17.9 Å². The number of fused-ring (bicyclic) bond motifs is 1. The van der Waals surface area contributed by atoms with E-state index in [1.54, 1.807) is 12.1 Å². The average Bonchev–Trinajstić information content (AvgIpc) is 2.81. The number of rotatable bonds is 2. The highest BCUT2D eigenvalue weighted by Gasteiger charge is 2.21. The Morgan fingerprint density at radius 1 is 1.44 bits per heavy atom. The van der Waals surface area contributed by atoms with Crippen LogP contribution < -0.4 is 0 Å². The Morgan fingerprint density at radius 3 is 3.11 bits per heavy atom. The third kappa shape index (κ3) is 2.01. The van der Waals surface area contributed by atoms with Gasteiger partial charge < -0.3 is 5.11 Å². The highest BCUT2D eigenvalue weighted by molar-refractivity contribution is 5.54. The van der Waals surface area contributed by atoms with Gasteiger partial charge in [-0.2, -0.15) is 5.10 Å². The van der Waals surface area contributed by atoms with Gasteiger partial charge in [0.25, 0.3) is 0 Å². The number of aryl methyl sites for hydroxylation is 1. The van der Waals surface area contributed by atoms with Gasteiger partial charge in [-0.15, -0.1) is 0 Å². The zero-order chi connectivity index (χ0) is 12.5. The molecular formula is C13H14FN3O. The van der Waals surface area contributed by atoms with Crippen molar-refractivity contribution in [2.24, 2.45) is 5.92 Å². The summed E-state index contributed by atoms with van der Waals surface area (Å²) in [6.45, 7) is 0.864. The number of hydrogen-bond acceptors (Lipinski definition) is 3. The van der Waals surface area contributed by atoms with E-state index in [0.717, 1.165) is 18.7 Å². The number of aliphatic hydroxyl groups excluding tert-OH is 1. The standard InChI is InChI=1S/C13H14FN3O/c14-11-3-1-2-10(6-11)13-15-12-5-4-9(8-18)7-17(12)16-13/h1-3,6,9,18H,4-5,7-8H2. The second-order valence-corrected chi connectivity index (χ2v) is 4.63. The first-order valence-electron chi connectivity index (χ1n) is 6.07. The molecule has 4 nitrogen and oxygen atoms in total. The molecular weight excluding hydrogens is 233 g/mol. The number of aromatic nitrogens is 3. The normalized spacial score (nSPS) is 18.7. The summed E-state index contributed by atoms with van der Waals surface area (Å²) in [7, 11) is 0. The van der Waals surface area contributed by atoms with Crippen LogP contribution in [0.4, 0.5) is 4.39 Å². The molecule has 5 heteroatoms. The lowest BCUT2D eigenvalue weighted by Crippen LogP contribution is -2.23. The van der Waals surface area contributed by atoms with Crippen LogP contribution in [0.3, 0.4) is 0 Å². The van der Waals surface area contributed by atoms with Gasteiger partial charge in [0.15, 0.2) is 5.82 Å². The van der Waals surface area contributed by atoms with Gasteiger partial charge in [-0.3, -0.25) is 0 Å². The van der Waals surface area contributed by atoms with Crippen LogP contribution >= 0.6 is 0 Å². The minimum atomic E-state index is -0.284. The molecule has 3 rings (SSSR count). The molecule has 1 aliphatic rings. The van der Waals surface area contributed by atoms with Gasteiger partial charge >= 0.3 is 0 Å². The van der Waals surface area contributed by atoms with Crippen molar-refractivity contribution in [3.63, 3.8) is 0 Å².